The maximum atomic E-state index is 3.69. The van der Waals surface area contributed by atoms with Crippen LogP contribution in [0.2, 0.25) is 0 Å². The molecule has 1 fully saturated rings. The largest absolute Gasteiger partial charge is 0.292 e. The number of halogens is 2. The molecule has 0 radical (unpaired) electrons. The molecule has 2 aromatic rings. The van der Waals surface area contributed by atoms with E-state index in [9.17, 15) is 0 Å². The van der Waals surface area contributed by atoms with E-state index in [-0.39, 0.29) is 0 Å². The average molecular weight is 419 g/mol. The van der Waals surface area contributed by atoms with Crippen molar-refractivity contribution >= 4 is 31.9 Å². The van der Waals surface area contributed by atoms with Gasteiger partial charge in [-0.2, -0.15) is 0 Å². The molecule has 0 saturated carbocycles. The molecule has 4 aliphatic rings. The number of benzene rings is 2. The van der Waals surface area contributed by atoms with E-state index >= 15 is 0 Å². The summed E-state index contributed by atoms with van der Waals surface area (Å²) in [5, 5.41) is 0. The lowest BCUT2D eigenvalue weighted by Gasteiger charge is -2.41. The lowest BCUT2D eigenvalue weighted by Crippen LogP contribution is -2.41. The van der Waals surface area contributed by atoms with Crippen LogP contribution in [0.25, 0.3) is 0 Å². The maximum Gasteiger partial charge on any atom is 0.0394 e. The van der Waals surface area contributed by atoms with Crippen LogP contribution in [0.3, 0.4) is 0 Å². The fraction of sp³-hybridized carbons (Fsp3) is 0.368. The summed E-state index contributed by atoms with van der Waals surface area (Å²) in [5.74, 6) is 0.529. The van der Waals surface area contributed by atoms with Crippen molar-refractivity contribution in [1.82, 2.24) is 4.90 Å². The Kier molecular flexibility index (Phi) is 3.08. The molecule has 112 valence electrons. The van der Waals surface area contributed by atoms with E-state index in [1.165, 1.54) is 28.3 Å². The Morgan fingerprint density at radius 1 is 0.909 bits per heavy atom. The topological polar surface area (TPSA) is 3.24 Å². The van der Waals surface area contributed by atoms with Crippen LogP contribution in [0.15, 0.2) is 45.3 Å². The summed E-state index contributed by atoms with van der Waals surface area (Å²) in [6.07, 6.45) is 3.83. The zero-order valence-corrected chi connectivity index (χ0v) is 15.4. The standard InChI is InChI=1S/C19H17Br2N/c20-12-4-3-11-8-18-14-6-5-13(21)10-16(14)19(15(11)9-12)17-2-1-7-22(17)18/h3-6,9-10,17-19H,1-2,7-8H2/t17-,18-,19-/m0/s1. The van der Waals surface area contributed by atoms with Gasteiger partial charge >= 0.3 is 0 Å². The highest BCUT2D eigenvalue weighted by molar-refractivity contribution is 9.10. The second-order valence-corrected chi connectivity index (χ2v) is 8.59. The quantitative estimate of drug-likeness (QED) is 0.552. The van der Waals surface area contributed by atoms with Crippen molar-refractivity contribution in [3.63, 3.8) is 0 Å². The van der Waals surface area contributed by atoms with Crippen molar-refractivity contribution in [3.8, 4) is 0 Å². The minimum absolute atomic E-state index is 0.529. The summed E-state index contributed by atoms with van der Waals surface area (Å²) < 4.78 is 2.41. The van der Waals surface area contributed by atoms with Crippen LogP contribution in [0, 0.1) is 0 Å². The molecule has 3 heteroatoms. The summed E-state index contributed by atoms with van der Waals surface area (Å²) >= 11 is 7.38. The number of nitrogens with zero attached hydrogens (tertiary/aromatic N) is 1. The van der Waals surface area contributed by atoms with Crippen molar-refractivity contribution in [3.05, 3.63) is 67.6 Å². The molecule has 22 heavy (non-hydrogen) atoms. The molecule has 0 N–H and O–H groups in total. The third kappa shape index (κ3) is 1.85. The molecule has 3 atom stereocenters. The van der Waals surface area contributed by atoms with Crippen LogP contribution in [0.4, 0.5) is 0 Å². The lowest BCUT2D eigenvalue weighted by atomic mass is 9.79. The first-order valence-electron chi connectivity index (χ1n) is 8.06. The Labute approximate surface area is 148 Å². The van der Waals surface area contributed by atoms with Crippen LogP contribution in [0.5, 0.6) is 0 Å². The predicted molar refractivity (Wildman–Crippen MR) is 96.3 cm³/mol. The molecule has 2 bridgehead atoms. The highest BCUT2D eigenvalue weighted by Gasteiger charge is 2.46. The third-order valence-electron chi connectivity index (χ3n) is 5.73. The van der Waals surface area contributed by atoms with Gasteiger partial charge in [-0.15, -0.1) is 0 Å². The molecule has 2 aromatic carbocycles. The SMILES string of the molecule is Brc1ccc2c(c1)[C@H]1c3cc(Br)ccc3[C@H](C2)N2CCC[C@@H]12. The van der Waals surface area contributed by atoms with E-state index in [2.05, 4.69) is 73.2 Å². The van der Waals surface area contributed by atoms with E-state index in [4.69, 9.17) is 0 Å². The normalized spacial score (nSPS) is 28.9. The van der Waals surface area contributed by atoms with Gasteiger partial charge in [0.25, 0.3) is 0 Å². The number of rotatable bonds is 0. The first kappa shape index (κ1) is 13.8. The summed E-state index contributed by atoms with van der Waals surface area (Å²) in [6, 6.07) is 15.1. The third-order valence-corrected chi connectivity index (χ3v) is 6.71. The van der Waals surface area contributed by atoms with Gasteiger partial charge in [-0.05, 0) is 72.3 Å². The summed E-state index contributed by atoms with van der Waals surface area (Å²) in [5.41, 5.74) is 6.20. The molecule has 1 saturated heterocycles. The first-order chi connectivity index (χ1) is 10.7. The van der Waals surface area contributed by atoms with E-state index < -0.39 is 0 Å². The summed E-state index contributed by atoms with van der Waals surface area (Å²) in [6.45, 7) is 1.26. The molecule has 3 heterocycles. The van der Waals surface area contributed by atoms with Crippen LogP contribution in [0.1, 0.15) is 47.1 Å². The monoisotopic (exact) mass is 417 g/mol. The van der Waals surface area contributed by atoms with E-state index in [1.807, 2.05) is 0 Å². The fourth-order valence-electron chi connectivity index (χ4n) is 4.92. The maximum absolute atomic E-state index is 3.69. The predicted octanol–water partition coefficient (Wildman–Crippen LogP) is 5.42. The van der Waals surface area contributed by atoms with Gasteiger partial charge in [0.15, 0.2) is 0 Å². The van der Waals surface area contributed by atoms with Crippen LogP contribution in [-0.2, 0) is 6.42 Å². The molecule has 3 aliphatic heterocycles. The van der Waals surface area contributed by atoms with Gasteiger partial charge in [-0.3, -0.25) is 4.90 Å². The Bertz CT molecular complexity index is 770. The Morgan fingerprint density at radius 3 is 2.55 bits per heavy atom. The van der Waals surface area contributed by atoms with Gasteiger partial charge in [-0.25, -0.2) is 0 Å². The summed E-state index contributed by atoms with van der Waals surface area (Å²) in [4.78, 5) is 2.79. The molecule has 1 aliphatic carbocycles. The highest BCUT2D eigenvalue weighted by atomic mass is 79.9. The van der Waals surface area contributed by atoms with Gasteiger partial charge < -0.3 is 0 Å². The Balaban J connectivity index is 1.82. The smallest absolute Gasteiger partial charge is 0.0394 e. The van der Waals surface area contributed by atoms with Crippen molar-refractivity contribution in [2.75, 3.05) is 6.54 Å². The van der Waals surface area contributed by atoms with Gasteiger partial charge in [0.05, 0.1) is 0 Å². The van der Waals surface area contributed by atoms with Crippen molar-refractivity contribution < 1.29 is 0 Å². The fourth-order valence-corrected chi connectivity index (χ4v) is 5.67. The highest BCUT2D eigenvalue weighted by Crippen LogP contribution is 2.53. The van der Waals surface area contributed by atoms with E-state index in [0.717, 1.165) is 6.42 Å². The van der Waals surface area contributed by atoms with Crippen molar-refractivity contribution in [2.45, 2.75) is 37.3 Å². The Morgan fingerprint density at radius 2 is 1.68 bits per heavy atom. The molecule has 6 rings (SSSR count). The van der Waals surface area contributed by atoms with E-state index in [0.29, 0.717) is 18.0 Å². The van der Waals surface area contributed by atoms with Crippen LogP contribution in [-0.4, -0.2) is 17.5 Å². The molecule has 0 amide bonds. The first-order valence-corrected chi connectivity index (χ1v) is 9.64. The molecule has 0 unspecified atom stereocenters. The lowest BCUT2D eigenvalue weighted by molar-refractivity contribution is 0.157. The van der Waals surface area contributed by atoms with Gasteiger partial charge in [-0.1, -0.05) is 44.0 Å². The Hall–Kier alpha value is -0.640. The molecular weight excluding hydrogens is 402 g/mol. The summed E-state index contributed by atoms with van der Waals surface area (Å²) in [7, 11) is 0. The van der Waals surface area contributed by atoms with Gasteiger partial charge in [0, 0.05) is 26.9 Å². The molecular formula is C19H17Br2N. The van der Waals surface area contributed by atoms with Crippen LogP contribution >= 0.6 is 31.9 Å². The average Bonchev–Trinajstić information content (AvgIpc) is 2.89. The second kappa shape index (κ2) is 4.93. The number of hydrogen-bond donors (Lipinski definition) is 0. The van der Waals surface area contributed by atoms with Crippen molar-refractivity contribution in [1.29, 1.82) is 0 Å². The van der Waals surface area contributed by atoms with Crippen molar-refractivity contribution in [2.24, 2.45) is 0 Å². The molecule has 0 aromatic heterocycles. The zero-order valence-electron chi connectivity index (χ0n) is 12.2. The minimum Gasteiger partial charge on any atom is -0.292 e. The van der Waals surface area contributed by atoms with Gasteiger partial charge in [0.2, 0.25) is 0 Å². The van der Waals surface area contributed by atoms with Gasteiger partial charge in [0.1, 0.15) is 0 Å². The van der Waals surface area contributed by atoms with Crippen LogP contribution < -0.4 is 0 Å². The number of hydrogen-bond acceptors (Lipinski definition) is 1. The second-order valence-electron chi connectivity index (χ2n) is 6.76. The molecule has 0 spiro atoms. The zero-order chi connectivity index (χ0) is 14.8. The van der Waals surface area contributed by atoms with E-state index in [1.54, 1.807) is 22.3 Å². The minimum atomic E-state index is 0.529. The molecule has 1 nitrogen and oxygen atoms in total.